The Hall–Kier alpha value is -2.38. The molecule has 1 aliphatic heterocycles. The summed E-state index contributed by atoms with van der Waals surface area (Å²) in [5.74, 6) is 0.208. The Morgan fingerprint density at radius 1 is 1.11 bits per heavy atom. The first-order chi connectivity index (χ1) is 13.5. The van der Waals surface area contributed by atoms with Gasteiger partial charge in [-0.3, -0.25) is 4.79 Å². The van der Waals surface area contributed by atoms with Gasteiger partial charge in [0.05, 0.1) is 17.6 Å². The molecule has 2 aromatic rings. The van der Waals surface area contributed by atoms with Crippen molar-refractivity contribution < 1.29 is 17.9 Å². The molecule has 0 unspecified atom stereocenters. The normalized spacial score (nSPS) is 14.5. The summed E-state index contributed by atoms with van der Waals surface area (Å²) in [4.78, 5) is 14.7. The third kappa shape index (κ3) is 4.20. The predicted octanol–water partition coefficient (Wildman–Crippen LogP) is 3.14. The van der Waals surface area contributed by atoms with Gasteiger partial charge in [-0.25, -0.2) is 8.42 Å². The van der Waals surface area contributed by atoms with Gasteiger partial charge in [0.2, 0.25) is 10.0 Å². The zero-order chi connectivity index (χ0) is 20.1. The highest BCUT2D eigenvalue weighted by atomic mass is 32.2. The van der Waals surface area contributed by atoms with Crippen LogP contribution in [0.2, 0.25) is 0 Å². The van der Waals surface area contributed by atoms with Crippen LogP contribution in [-0.2, 0) is 16.6 Å². The van der Waals surface area contributed by atoms with E-state index in [1.807, 2.05) is 30.3 Å². The van der Waals surface area contributed by atoms with E-state index in [4.69, 9.17) is 4.74 Å². The predicted molar refractivity (Wildman–Crippen MR) is 108 cm³/mol. The van der Waals surface area contributed by atoms with Crippen molar-refractivity contribution in [2.75, 3.05) is 26.7 Å². The van der Waals surface area contributed by atoms with E-state index in [1.54, 1.807) is 17.9 Å². The van der Waals surface area contributed by atoms with Crippen LogP contribution < -0.4 is 4.74 Å². The average molecular weight is 403 g/mol. The van der Waals surface area contributed by atoms with Crippen molar-refractivity contribution in [3.05, 3.63) is 59.7 Å². The first-order valence-corrected chi connectivity index (χ1v) is 10.9. The maximum absolute atomic E-state index is 13.2. The summed E-state index contributed by atoms with van der Waals surface area (Å²) in [5.41, 5.74) is 1.20. The summed E-state index contributed by atoms with van der Waals surface area (Å²) in [5, 5.41) is 0. The molecule has 28 heavy (non-hydrogen) atoms. The van der Waals surface area contributed by atoms with Crippen LogP contribution in [0.4, 0.5) is 0 Å². The highest BCUT2D eigenvalue weighted by Gasteiger charge is 2.28. The molecule has 1 amide bonds. The minimum absolute atomic E-state index is 0.105. The number of benzene rings is 2. The fraction of sp³-hybridized carbons (Fsp3) is 0.381. The summed E-state index contributed by atoms with van der Waals surface area (Å²) in [6, 6.07) is 14.0. The zero-order valence-electron chi connectivity index (χ0n) is 16.3. The lowest BCUT2D eigenvalue weighted by molar-refractivity contribution is 0.0789. The first kappa shape index (κ1) is 20.4. The number of rotatable bonds is 7. The van der Waals surface area contributed by atoms with Gasteiger partial charge >= 0.3 is 0 Å². The van der Waals surface area contributed by atoms with Crippen LogP contribution in [0.25, 0.3) is 0 Å². The van der Waals surface area contributed by atoms with Crippen molar-refractivity contribution in [1.29, 1.82) is 0 Å². The molecule has 0 spiro atoms. The van der Waals surface area contributed by atoms with Gasteiger partial charge in [-0.1, -0.05) is 37.3 Å². The number of likely N-dealkylation sites (tertiary alicyclic amines) is 1. The monoisotopic (exact) mass is 402 g/mol. The summed E-state index contributed by atoms with van der Waals surface area (Å²) in [6.45, 7) is 3.79. The van der Waals surface area contributed by atoms with E-state index in [1.165, 1.54) is 23.5 Å². The van der Waals surface area contributed by atoms with E-state index in [9.17, 15) is 13.2 Å². The van der Waals surface area contributed by atoms with Gasteiger partial charge in [-0.2, -0.15) is 4.31 Å². The smallest absolute Gasteiger partial charge is 0.257 e. The lowest BCUT2D eigenvalue weighted by Crippen LogP contribution is -2.31. The second-order valence-corrected chi connectivity index (χ2v) is 8.72. The van der Waals surface area contributed by atoms with Crippen molar-refractivity contribution in [3.8, 4) is 5.75 Å². The molecule has 0 saturated carbocycles. The Kier molecular flexibility index (Phi) is 6.36. The quantitative estimate of drug-likeness (QED) is 0.714. The molecule has 0 N–H and O–H groups in total. The largest absolute Gasteiger partial charge is 0.496 e. The van der Waals surface area contributed by atoms with Crippen LogP contribution in [0.15, 0.2) is 53.4 Å². The van der Waals surface area contributed by atoms with E-state index >= 15 is 0 Å². The molecule has 0 bridgehead atoms. The third-order valence-electron chi connectivity index (χ3n) is 4.99. The fourth-order valence-electron chi connectivity index (χ4n) is 3.41. The minimum Gasteiger partial charge on any atom is -0.496 e. The zero-order valence-corrected chi connectivity index (χ0v) is 17.1. The third-order valence-corrected chi connectivity index (χ3v) is 6.90. The molecule has 1 heterocycles. The molecule has 2 aromatic carbocycles. The molecule has 0 atom stereocenters. The average Bonchev–Trinajstić information content (AvgIpc) is 3.26. The number of hydrogen-bond acceptors (Lipinski definition) is 4. The van der Waals surface area contributed by atoms with Crippen LogP contribution in [0, 0.1) is 0 Å². The number of ether oxygens (including phenoxy) is 1. The molecular weight excluding hydrogens is 376 g/mol. The van der Waals surface area contributed by atoms with E-state index in [-0.39, 0.29) is 17.3 Å². The number of carbonyl (C=O) groups excluding carboxylic acids is 1. The molecule has 3 rings (SSSR count). The Morgan fingerprint density at radius 3 is 2.39 bits per heavy atom. The molecule has 7 heteroatoms. The van der Waals surface area contributed by atoms with Gasteiger partial charge in [-0.15, -0.1) is 0 Å². The SMILES string of the molecule is CCN(Cc1ccccc1)S(=O)(=O)c1ccc(OC)c(C(=O)N2CCCC2)c1. The Morgan fingerprint density at radius 2 is 1.79 bits per heavy atom. The van der Waals surface area contributed by atoms with Gasteiger partial charge in [0, 0.05) is 26.2 Å². The van der Waals surface area contributed by atoms with Crippen molar-refractivity contribution in [1.82, 2.24) is 9.21 Å². The van der Waals surface area contributed by atoms with Crippen molar-refractivity contribution in [3.63, 3.8) is 0 Å². The van der Waals surface area contributed by atoms with E-state index in [2.05, 4.69) is 0 Å². The number of amides is 1. The van der Waals surface area contributed by atoms with Gasteiger partial charge in [0.15, 0.2) is 0 Å². The van der Waals surface area contributed by atoms with Crippen LogP contribution in [-0.4, -0.2) is 50.3 Å². The fourth-order valence-corrected chi connectivity index (χ4v) is 4.87. The highest BCUT2D eigenvalue weighted by molar-refractivity contribution is 7.89. The van der Waals surface area contributed by atoms with E-state index in [0.717, 1.165) is 18.4 Å². The summed E-state index contributed by atoms with van der Waals surface area (Å²) in [7, 11) is -2.26. The highest BCUT2D eigenvalue weighted by Crippen LogP contribution is 2.27. The molecule has 6 nitrogen and oxygen atoms in total. The van der Waals surface area contributed by atoms with Gasteiger partial charge in [0.1, 0.15) is 5.75 Å². The number of nitrogens with zero attached hydrogens (tertiary/aromatic N) is 2. The lowest BCUT2D eigenvalue weighted by atomic mass is 10.1. The van der Waals surface area contributed by atoms with Gasteiger partial charge in [-0.05, 0) is 36.6 Å². The summed E-state index contributed by atoms with van der Waals surface area (Å²) < 4.78 is 33.2. The standard InChI is InChI=1S/C21H26N2O4S/c1-3-23(16-17-9-5-4-6-10-17)28(25,26)18-11-12-20(27-2)19(15-18)21(24)22-13-7-8-14-22/h4-6,9-12,15H,3,7-8,13-14,16H2,1-2H3. The van der Waals surface area contributed by atoms with Crippen molar-refractivity contribution >= 4 is 15.9 Å². The van der Waals surface area contributed by atoms with Crippen molar-refractivity contribution in [2.24, 2.45) is 0 Å². The maximum Gasteiger partial charge on any atom is 0.257 e. The van der Waals surface area contributed by atoms with Crippen LogP contribution >= 0.6 is 0 Å². The minimum atomic E-state index is -3.75. The van der Waals surface area contributed by atoms with Crippen LogP contribution in [0.3, 0.4) is 0 Å². The molecule has 1 saturated heterocycles. The number of methoxy groups -OCH3 is 1. The molecule has 0 aliphatic carbocycles. The Labute approximate surface area is 166 Å². The first-order valence-electron chi connectivity index (χ1n) is 9.48. The van der Waals surface area contributed by atoms with Gasteiger partial charge in [0.25, 0.3) is 5.91 Å². The molecule has 0 radical (unpaired) electrons. The van der Waals surface area contributed by atoms with E-state index < -0.39 is 10.0 Å². The number of hydrogen-bond donors (Lipinski definition) is 0. The second kappa shape index (κ2) is 8.75. The summed E-state index contributed by atoms with van der Waals surface area (Å²) in [6.07, 6.45) is 1.93. The molecule has 150 valence electrons. The number of sulfonamides is 1. The Balaban J connectivity index is 1.94. The second-order valence-electron chi connectivity index (χ2n) is 6.78. The van der Waals surface area contributed by atoms with Crippen molar-refractivity contribution in [2.45, 2.75) is 31.2 Å². The molecule has 0 aromatic heterocycles. The topological polar surface area (TPSA) is 66.9 Å². The number of carbonyl (C=O) groups is 1. The lowest BCUT2D eigenvalue weighted by Gasteiger charge is -2.22. The summed E-state index contributed by atoms with van der Waals surface area (Å²) >= 11 is 0. The molecule has 1 aliphatic rings. The van der Waals surface area contributed by atoms with Gasteiger partial charge < -0.3 is 9.64 Å². The molecular formula is C21H26N2O4S. The van der Waals surface area contributed by atoms with Crippen LogP contribution in [0.1, 0.15) is 35.7 Å². The Bertz CT molecular complexity index is 923. The van der Waals surface area contributed by atoms with E-state index in [0.29, 0.717) is 30.9 Å². The molecule has 1 fully saturated rings. The van der Waals surface area contributed by atoms with Crippen LogP contribution in [0.5, 0.6) is 5.75 Å². The maximum atomic E-state index is 13.2.